The molecule has 0 bridgehead atoms. The number of hydrogen-bond acceptors (Lipinski definition) is 3. The van der Waals surface area contributed by atoms with Gasteiger partial charge in [0.25, 0.3) is 5.91 Å². The maximum absolute atomic E-state index is 14.2. The fourth-order valence-electron chi connectivity index (χ4n) is 2.61. The molecule has 4 rings (SSSR count). The zero-order valence-electron chi connectivity index (χ0n) is 13.1. The lowest BCUT2D eigenvalue weighted by atomic mass is 10.1. The molecule has 4 aromatic rings. The molecule has 0 aliphatic rings. The molecule has 2 aromatic heterocycles. The zero-order chi connectivity index (χ0) is 17.2. The lowest BCUT2D eigenvalue weighted by molar-refractivity contribution is 0.0995. The summed E-state index contributed by atoms with van der Waals surface area (Å²) in [5.41, 5.74) is 1.18. The van der Waals surface area contributed by atoms with Gasteiger partial charge in [0, 0.05) is 18.5 Å². The molecular weight excluding hydrogens is 319 g/mol. The number of aromatic nitrogens is 3. The van der Waals surface area contributed by atoms with Crippen LogP contribution in [0.4, 0.5) is 15.9 Å². The fraction of sp³-hybridized carbons (Fsp3) is 0. The van der Waals surface area contributed by atoms with Crippen molar-refractivity contribution in [3.63, 3.8) is 0 Å². The number of anilines is 2. The molecule has 0 aliphatic heterocycles. The van der Waals surface area contributed by atoms with Crippen LogP contribution in [0, 0.1) is 5.82 Å². The van der Waals surface area contributed by atoms with Crippen molar-refractivity contribution in [3.05, 3.63) is 90.5 Å². The van der Waals surface area contributed by atoms with E-state index in [1.807, 2.05) is 18.2 Å². The number of benzene rings is 2. The van der Waals surface area contributed by atoms with Gasteiger partial charge in [-0.05, 0) is 30.3 Å². The molecule has 0 fully saturated rings. The molecule has 0 radical (unpaired) electrons. The molecule has 122 valence electrons. The van der Waals surface area contributed by atoms with E-state index in [2.05, 4.69) is 10.1 Å². The van der Waals surface area contributed by atoms with Gasteiger partial charge in [0.2, 0.25) is 0 Å². The number of halogens is 1. The summed E-state index contributed by atoms with van der Waals surface area (Å²) in [5.74, 6) is -0.693. The SMILES string of the molecule is O=C(c1ccccc1F)N(c1ccccc1)c1cc2ncccn2n1. The van der Waals surface area contributed by atoms with Crippen molar-refractivity contribution < 1.29 is 9.18 Å². The van der Waals surface area contributed by atoms with Crippen LogP contribution >= 0.6 is 0 Å². The monoisotopic (exact) mass is 332 g/mol. The Hall–Kier alpha value is -3.54. The molecular formula is C19H13FN4O. The summed E-state index contributed by atoms with van der Waals surface area (Å²) in [6.45, 7) is 0. The molecule has 6 heteroatoms. The second kappa shape index (κ2) is 6.16. The van der Waals surface area contributed by atoms with E-state index in [0.29, 0.717) is 17.2 Å². The van der Waals surface area contributed by atoms with E-state index in [-0.39, 0.29) is 5.56 Å². The quantitative estimate of drug-likeness (QED) is 0.573. The Kier molecular flexibility index (Phi) is 3.70. The van der Waals surface area contributed by atoms with Gasteiger partial charge in [0.15, 0.2) is 11.5 Å². The smallest absolute Gasteiger partial charge is 0.267 e. The van der Waals surface area contributed by atoms with E-state index < -0.39 is 11.7 Å². The van der Waals surface area contributed by atoms with Gasteiger partial charge in [-0.1, -0.05) is 30.3 Å². The number of amides is 1. The van der Waals surface area contributed by atoms with Gasteiger partial charge in [-0.2, -0.15) is 0 Å². The van der Waals surface area contributed by atoms with Gasteiger partial charge >= 0.3 is 0 Å². The number of carbonyl (C=O) groups excluding carboxylic acids is 1. The highest BCUT2D eigenvalue weighted by Crippen LogP contribution is 2.27. The van der Waals surface area contributed by atoms with Crippen molar-refractivity contribution in [3.8, 4) is 0 Å². The molecule has 0 saturated carbocycles. The van der Waals surface area contributed by atoms with Crippen LogP contribution in [0.25, 0.3) is 5.65 Å². The van der Waals surface area contributed by atoms with Crippen molar-refractivity contribution in [2.24, 2.45) is 0 Å². The first kappa shape index (κ1) is 15.0. The number of fused-ring (bicyclic) bond motifs is 1. The predicted molar refractivity (Wildman–Crippen MR) is 92.3 cm³/mol. The molecule has 0 atom stereocenters. The Morgan fingerprint density at radius 1 is 1.00 bits per heavy atom. The maximum atomic E-state index is 14.2. The second-order valence-corrected chi connectivity index (χ2v) is 5.38. The molecule has 0 N–H and O–H groups in total. The lowest BCUT2D eigenvalue weighted by Gasteiger charge is -2.20. The van der Waals surface area contributed by atoms with Crippen LogP contribution in [0.2, 0.25) is 0 Å². The van der Waals surface area contributed by atoms with Crippen molar-refractivity contribution in [2.75, 3.05) is 4.90 Å². The van der Waals surface area contributed by atoms with E-state index >= 15 is 0 Å². The predicted octanol–water partition coefficient (Wildman–Crippen LogP) is 3.85. The van der Waals surface area contributed by atoms with Crippen LogP contribution < -0.4 is 4.90 Å². The van der Waals surface area contributed by atoms with Gasteiger partial charge in [-0.3, -0.25) is 9.69 Å². The third-order valence-electron chi connectivity index (χ3n) is 3.77. The largest absolute Gasteiger partial charge is 0.268 e. The first-order valence-electron chi connectivity index (χ1n) is 7.68. The first-order chi connectivity index (χ1) is 12.2. The molecule has 0 spiro atoms. The Bertz CT molecular complexity index is 1010. The van der Waals surface area contributed by atoms with Crippen LogP contribution in [-0.4, -0.2) is 20.5 Å². The van der Waals surface area contributed by atoms with E-state index in [9.17, 15) is 9.18 Å². The summed E-state index contributed by atoms with van der Waals surface area (Å²) in [6.07, 6.45) is 3.38. The number of hydrogen-bond donors (Lipinski definition) is 0. The third kappa shape index (κ3) is 2.74. The van der Waals surface area contributed by atoms with Crippen LogP contribution in [0.1, 0.15) is 10.4 Å². The van der Waals surface area contributed by atoms with Crippen molar-refractivity contribution in [2.45, 2.75) is 0 Å². The van der Waals surface area contributed by atoms with Crippen LogP contribution in [0.15, 0.2) is 79.1 Å². The van der Waals surface area contributed by atoms with Gasteiger partial charge in [-0.15, -0.1) is 5.10 Å². The standard InChI is InChI=1S/C19H13FN4O/c20-16-10-5-4-9-15(16)19(25)24(14-7-2-1-3-8-14)18-13-17-21-11-6-12-23(17)22-18/h1-13H. The Balaban J connectivity index is 1.88. The Morgan fingerprint density at radius 2 is 1.76 bits per heavy atom. The van der Waals surface area contributed by atoms with Crippen molar-refractivity contribution >= 4 is 23.1 Å². The van der Waals surface area contributed by atoms with E-state index in [1.165, 1.54) is 17.0 Å². The molecule has 0 unspecified atom stereocenters. The summed E-state index contributed by atoms with van der Waals surface area (Å²) in [4.78, 5) is 18.7. The van der Waals surface area contributed by atoms with Gasteiger partial charge < -0.3 is 0 Å². The summed E-state index contributed by atoms with van der Waals surface area (Å²) in [6, 6.07) is 18.4. The highest BCUT2D eigenvalue weighted by atomic mass is 19.1. The number of para-hydroxylation sites is 1. The lowest BCUT2D eigenvalue weighted by Crippen LogP contribution is -2.27. The maximum Gasteiger partial charge on any atom is 0.267 e. The summed E-state index contributed by atoms with van der Waals surface area (Å²) < 4.78 is 15.7. The average Bonchev–Trinajstić information content (AvgIpc) is 3.06. The molecule has 25 heavy (non-hydrogen) atoms. The minimum absolute atomic E-state index is 0.0173. The Morgan fingerprint density at radius 3 is 2.52 bits per heavy atom. The molecule has 0 saturated heterocycles. The normalized spacial score (nSPS) is 10.8. The summed E-state index contributed by atoms with van der Waals surface area (Å²) >= 11 is 0. The number of carbonyl (C=O) groups is 1. The molecule has 5 nitrogen and oxygen atoms in total. The zero-order valence-corrected chi connectivity index (χ0v) is 13.1. The molecule has 2 heterocycles. The van der Waals surface area contributed by atoms with Crippen LogP contribution in [-0.2, 0) is 0 Å². The van der Waals surface area contributed by atoms with Crippen LogP contribution in [0.3, 0.4) is 0 Å². The topological polar surface area (TPSA) is 50.5 Å². The van der Waals surface area contributed by atoms with E-state index in [1.54, 1.807) is 53.3 Å². The van der Waals surface area contributed by atoms with Crippen LogP contribution in [0.5, 0.6) is 0 Å². The van der Waals surface area contributed by atoms with Gasteiger partial charge in [0.05, 0.1) is 11.3 Å². The third-order valence-corrected chi connectivity index (χ3v) is 3.77. The minimum Gasteiger partial charge on any atom is -0.268 e. The average molecular weight is 332 g/mol. The summed E-state index contributed by atoms with van der Waals surface area (Å²) in [5, 5.41) is 4.40. The number of nitrogens with zero attached hydrogens (tertiary/aromatic N) is 4. The second-order valence-electron chi connectivity index (χ2n) is 5.38. The first-order valence-corrected chi connectivity index (χ1v) is 7.68. The highest BCUT2D eigenvalue weighted by Gasteiger charge is 2.24. The van der Waals surface area contributed by atoms with Gasteiger partial charge in [0.1, 0.15) is 5.82 Å². The minimum atomic E-state index is -0.574. The van der Waals surface area contributed by atoms with E-state index in [4.69, 9.17) is 0 Å². The molecule has 2 aromatic carbocycles. The van der Waals surface area contributed by atoms with E-state index in [0.717, 1.165) is 0 Å². The summed E-state index contributed by atoms with van der Waals surface area (Å²) in [7, 11) is 0. The Labute approximate surface area is 143 Å². The van der Waals surface area contributed by atoms with Gasteiger partial charge in [-0.25, -0.2) is 13.9 Å². The molecule has 1 amide bonds. The molecule has 0 aliphatic carbocycles. The number of rotatable bonds is 3. The fourth-order valence-corrected chi connectivity index (χ4v) is 2.61. The van der Waals surface area contributed by atoms with Crippen molar-refractivity contribution in [1.82, 2.24) is 14.6 Å². The highest BCUT2D eigenvalue weighted by molar-refractivity contribution is 6.10. The van der Waals surface area contributed by atoms with Crippen molar-refractivity contribution in [1.29, 1.82) is 0 Å².